The van der Waals surface area contributed by atoms with Crippen LogP contribution in [0, 0.1) is 0 Å². The minimum atomic E-state index is 0.288. The lowest BCUT2D eigenvalue weighted by Gasteiger charge is -2.22. The van der Waals surface area contributed by atoms with Gasteiger partial charge in [-0.3, -0.25) is 4.68 Å². The first kappa shape index (κ1) is 16.1. The first-order valence-electron chi connectivity index (χ1n) is 7.88. The van der Waals surface area contributed by atoms with Crippen LogP contribution < -0.4 is 14.8 Å². The molecule has 0 radical (unpaired) electrons. The smallest absolute Gasteiger partial charge is 0.231 e. The molecule has 0 saturated heterocycles. The lowest BCUT2D eigenvalue weighted by Crippen LogP contribution is -2.38. The molecule has 3 rings (SSSR count). The monoisotopic (exact) mass is 330 g/mol. The van der Waals surface area contributed by atoms with E-state index in [2.05, 4.69) is 25.3 Å². The largest absolute Gasteiger partial charge is 0.454 e. The van der Waals surface area contributed by atoms with E-state index in [1.54, 1.807) is 4.68 Å². The number of hydrogen-bond donors (Lipinski definition) is 1. The minimum Gasteiger partial charge on any atom is -0.454 e. The van der Waals surface area contributed by atoms with E-state index >= 15 is 0 Å². The van der Waals surface area contributed by atoms with Crippen LogP contribution in [-0.4, -0.2) is 46.0 Å². The highest BCUT2D eigenvalue weighted by Gasteiger charge is 2.14. The quantitative estimate of drug-likeness (QED) is 0.654. The number of nitrogens with zero attached hydrogens (tertiary/aromatic N) is 5. The molecule has 2 aromatic rings. The molecular weight excluding hydrogens is 308 g/mol. The summed E-state index contributed by atoms with van der Waals surface area (Å²) >= 11 is 0. The van der Waals surface area contributed by atoms with Crippen molar-refractivity contribution >= 4 is 5.96 Å². The van der Waals surface area contributed by atoms with E-state index in [1.807, 2.05) is 39.2 Å². The SMILES string of the molecule is CCNC(=NCc1ncnn1C)N(C)Cc1ccc2c(c1)OCO2. The molecule has 0 amide bonds. The second kappa shape index (κ2) is 7.20. The fraction of sp³-hybridized carbons (Fsp3) is 0.438. The van der Waals surface area contributed by atoms with Crippen LogP contribution in [-0.2, 0) is 20.1 Å². The molecule has 1 aromatic heterocycles. The Bertz CT molecular complexity index is 727. The second-order valence-electron chi connectivity index (χ2n) is 5.51. The number of hydrogen-bond acceptors (Lipinski definition) is 5. The van der Waals surface area contributed by atoms with Crippen LogP contribution in [0.15, 0.2) is 29.5 Å². The number of ether oxygens (including phenoxy) is 2. The van der Waals surface area contributed by atoms with E-state index in [1.165, 1.54) is 6.33 Å². The lowest BCUT2D eigenvalue weighted by molar-refractivity contribution is 0.174. The van der Waals surface area contributed by atoms with Gasteiger partial charge in [0.05, 0.1) is 0 Å². The topological polar surface area (TPSA) is 76.8 Å². The average molecular weight is 330 g/mol. The van der Waals surface area contributed by atoms with E-state index in [4.69, 9.17) is 9.47 Å². The predicted molar refractivity (Wildman–Crippen MR) is 89.9 cm³/mol. The van der Waals surface area contributed by atoms with Crippen molar-refractivity contribution in [3.05, 3.63) is 35.9 Å². The van der Waals surface area contributed by atoms with Gasteiger partial charge in [0.1, 0.15) is 18.7 Å². The summed E-state index contributed by atoms with van der Waals surface area (Å²) in [5.41, 5.74) is 1.13. The van der Waals surface area contributed by atoms with Crippen molar-refractivity contribution in [2.45, 2.75) is 20.0 Å². The van der Waals surface area contributed by atoms with Crippen molar-refractivity contribution in [3.8, 4) is 11.5 Å². The summed E-state index contributed by atoms with van der Waals surface area (Å²) in [6, 6.07) is 5.98. The molecule has 1 aromatic carbocycles. The average Bonchev–Trinajstić information content (AvgIpc) is 3.19. The number of benzene rings is 1. The van der Waals surface area contributed by atoms with Crippen LogP contribution in [0.25, 0.3) is 0 Å². The highest BCUT2D eigenvalue weighted by atomic mass is 16.7. The number of rotatable bonds is 5. The molecule has 1 aliphatic heterocycles. The van der Waals surface area contributed by atoms with Gasteiger partial charge in [0, 0.05) is 27.2 Å². The summed E-state index contributed by atoms with van der Waals surface area (Å²) < 4.78 is 12.5. The normalized spacial score (nSPS) is 13.2. The third kappa shape index (κ3) is 3.58. The summed E-state index contributed by atoms with van der Waals surface area (Å²) in [7, 11) is 3.86. The van der Waals surface area contributed by atoms with Gasteiger partial charge in [-0.1, -0.05) is 6.07 Å². The summed E-state index contributed by atoms with van der Waals surface area (Å²) in [5.74, 6) is 3.23. The van der Waals surface area contributed by atoms with E-state index in [0.29, 0.717) is 13.1 Å². The fourth-order valence-corrected chi connectivity index (χ4v) is 2.47. The van der Waals surface area contributed by atoms with Crippen LogP contribution in [0.5, 0.6) is 11.5 Å². The van der Waals surface area contributed by atoms with Gasteiger partial charge in [0.15, 0.2) is 17.5 Å². The maximum absolute atomic E-state index is 5.43. The van der Waals surface area contributed by atoms with Gasteiger partial charge in [-0.2, -0.15) is 5.10 Å². The molecule has 1 aliphatic rings. The van der Waals surface area contributed by atoms with Crippen LogP contribution >= 0.6 is 0 Å². The van der Waals surface area contributed by atoms with Gasteiger partial charge in [0.25, 0.3) is 0 Å². The van der Waals surface area contributed by atoms with E-state index in [0.717, 1.165) is 35.4 Å². The van der Waals surface area contributed by atoms with E-state index < -0.39 is 0 Å². The Kier molecular flexibility index (Phi) is 4.83. The standard InChI is InChI=1S/C16H22N6O2/c1-4-17-16(18-8-15-19-10-20-22(15)3)21(2)9-12-5-6-13-14(7-12)24-11-23-13/h5-7,10H,4,8-9,11H2,1-3H3,(H,17,18). The number of aromatic nitrogens is 3. The van der Waals surface area contributed by atoms with Crippen molar-refractivity contribution in [1.29, 1.82) is 0 Å². The fourth-order valence-electron chi connectivity index (χ4n) is 2.47. The van der Waals surface area contributed by atoms with Gasteiger partial charge in [0.2, 0.25) is 6.79 Å². The zero-order valence-corrected chi connectivity index (χ0v) is 14.2. The molecule has 128 valence electrons. The molecule has 8 nitrogen and oxygen atoms in total. The van der Waals surface area contributed by atoms with Crippen molar-refractivity contribution < 1.29 is 9.47 Å². The van der Waals surface area contributed by atoms with Crippen LogP contribution in [0.3, 0.4) is 0 Å². The third-order valence-corrected chi connectivity index (χ3v) is 3.73. The van der Waals surface area contributed by atoms with Crippen molar-refractivity contribution in [2.75, 3.05) is 20.4 Å². The van der Waals surface area contributed by atoms with Crippen LogP contribution in [0.2, 0.25) is 0 Å². The Labute approximate surface area is 141 Å². The molecule has 0 unspecified atom stereocenters. The number of aliphatic imine (C=N–C) groups is 1. The number of guanidine groups is 1. The van der Waals surface area contributed by atoms with Gasteiger partial charge in [-0.05, 0) is 24.6 Å². The molecular formula is C16H22N6O2. The van der Waals surface area contributed by atoms with Gasteiger partial charge >= 0.3 is 0 Å². The van der Waals surface area contributed by atoms with Crippen LogP contribution in [0.1, 0.15) is 18.3 Å². The highest BCUT2D eigenvalue weighted by molar-refractivity contribution is 5.79. The first-order valence-corrected chi connectivity index (χ1v) is 7.88. The Morgan fingerprint density at radius 2 is 2.21 bits per heavy atom. The van der Waals surface area contributed by atoms with Crippen LogP contribution in [0.4, 0.5) is 0 Å². The zero-order valence-electron chi connectivity index (χ0n) is 14.2. The Morgan fingerprint density at radius 1 is 1.38 bits per heavy atom. The molecule has 0 bridgehead atoms. The number of fused-ring (bicyclic) bond motifs is 1. The molecule has 0 fully saturated rings. The lowest BCUT2D eigenvalue weighted by atomic mass is 10.2. The molecule has 1 N–H and O–H groups in total. The summed E-state index contributed by atoms with van der Waals surface area (Å²) in [4.78, 5) is 10.9. The van der Waals surface area contributed by atoms with Gasteiger partial charge < -0.3 is 19.7 Å². The molecule has 0 atom stereocenters. The zero-order chi connectivity index (χ0) is 16.9. The number of nitrogens with one attached hydrogen (secondary N) is 1. The van der Waals surface area contributed by atoms with Crippen molar-refractivity contribution in [1.82, 2.24) is 25.0 Å². The predicted octanol–water partition coefficient (Wildman–Crippen LogP) is 1.14. The van der Waals surface area contributed by atoms with E-state index in [9.17, 15) is 0 Å². The maximum atomic E-state index is 5.43. The first-order chi connectivity index (χ1) is 11.7. The molecule has 8 heteroatoms. The molecule has 2 heterocycles. The third-order valence-electron chi connectivity index (χ3n) is 3.73. The molecule has 0 aliphatic carbocycles. The van der Waals surface area contributed by atoms with Crippen molar-refractivity contribution in [2.24, 2.45) is 12.0 Å². The second-order valence-corrected chi connectivity index (χ2v) is 5.51. The Balaban J connectivity index is 1.69. The van der Waals surface area contributed by atoms with Crippen molar-refractivity contribution in [3.63, 3.8) is 0 Å². The van der Waals surface area contributed by atoms with Gasteiger partial charge in [-0.15, -0.1) is 0 Å². The summed E-state index contributed by atoms with van der Waals surface area (Å²) in [6.45, 7) is 4.32. The summed E-state index contributed by atoms with van der Waals surface area (Å²) in [6.07, 6.45) is 1.54. The number of aryl methyl sites for hydroxylation is 1. The van der Waals surface area contributed by atoms with Gasteiger partial charge in [-0.25, -0.2) is 9.98 Å². The Morgan fingerprint density at radius 3 is 2.96 bits per heavy atom. The Hall–Kier alpha value is -2.77. The molecule has 0 spiro atoms. The molecule has 0 saturated carbocycles. The van der Waals surface area contributed by atoms with E-state index in [-0.39, 0.29) is 6.79 Å². The summed E-state index contributed by atoms with van der Waals surface area (Å²) in [5, 5.41) is 7.36. The molecule has 24 heavy (non-hydrogen) atoms. The maximum Gasteiger partial charge on any atom is 0.231 e. The minimum absolute atomic E-state index is 0.288. The highest BCUT2D eigenvalue weighted by Crippen LogP contribution is 2.32.